The molecule has 1 atom stereocenters. The van der Waals surface area contributed by atoms with E-state index in [4.69, 9.17) is 5.10 Å². The number of nitrogens with zero attached hydrogens (tertiary/aromatic N) is 3. The molecule has 8 nitrogen and oxygen atoms in total. The molecule has 1 aromatic heterocycles. The summed E-state index contributed by atoms with van der Waals surface area (Å²) in [5.41, 5.74) is 3.45. The average molecular weight is 552 g/mol. The van der Waals surface area contributed by atoms with Gasteiger partial charge in [-0.2, -0.15) is 5.10 Å². The minimum Gasteiger partial charge on any atom is -0.385 e. The summed E-state index contributed by atoms with van der Waals surface area (Å²) < 4.78 is 1.73. The number of aromatic nitrogens is 2. The number of nitrogens with one attached hydrogen (secondary N) is 2. The van der Waals surface area contributed by atoms with E-state index in [1.165, 1.54) is 57.8 Å². The molecule has 8 heteroatoms. The zero-order valence-corrected chi connectivity index (χ0v) is 24.9. The van der Waals surface area contributed by atoms with Gasteiger partial charge in [-0.05, 0) is 62.6 Å². The van der Waals surface area contributed by atoms with E-state index in [9.17, 15) is 14.4 Å². The number of carbonyl (C=O) groups excluding carboxylic acids is 3. The van der Waals surface area contributed by atoms with Gasteiger partial charge in [0.2, 0.25) is 11.8 Å². The molecule has 1 fully saturated rings. The Balaban J connectivity index is 1.70. The molecule has 0 saturated heterocycles. The summed E-state index contributed by atoms with van der Waals surface area (Å²) in [5.74, 6) is 0.264. The maximum absolute atomic E-state index is 13.7. The lowest BCUT2D eigenvalue weighted by Crippen LogP contribution is -2.48. The van der Waals surface area contributed by atoms with Crippen LogP contribution in [0.5, 0.6) is 0 Å². The van der Waals surface area contributed by atoms with Gasteiger partial charge in [0, 0.05) is 38.1 Å². The topological polar surface area (TPSA) is 96.3 Å². The molecule has 1 saturated carbocycles. The molecule has 40 heavy (non-hydrogen) atoms. The zero-order valence-electron chi connectivity index (χ0n) is 24.9. The summed E-state index contributed by atoms with van der Waals surface area (Å²) in [6, 6.07) is 3.70. The number of aryl methyl sites for hydroxylation is 1. The second-order valence-corrected chi connectivity index (χ2v) is 11.9. The maximum atomic E-state index is 13.7. The van der Waals surface area contributed by atoms with Crippen molar-refractivity contribution in [2.24, 2.45) is 5.92 Å². The Kier molecular flexibility index (Phi) is 11.0. The smallest absolute Gasteiger partial charge is 0.245 e. The van der Waals surface area contributed by atoms with Gasteiger partial charge in [0.25, 0.3) is 0 Å². The number of Topliss-reactive ketones (excluding diaryl/α,β-unsaturated/α-hetero) is 1. The molecule has 220 valence electrons. The number of anilines is 1. The fourth-order valence-corrected chi connectivity index (χ4v) is 6.49. The number of amides is 2. The van der Waals surface area contributed by atoms with Crippen LogP contribution in [0.25, 0.3) is 10.9 Å². The monoisotopic (exact) mass is 551 g/mol. The summed E-state index contributed by atoms with van der Waals surface area (Å²) >= 11 is 0. The van der Waals surface area contributed by atoms with Crippen LogP contribution in [0.1, 0.15) is 113 Å². The Morgan fingerprint density at radius 1 is 0.975 bits per heavy atom. The van der Waals surface area contributed by atoms with Gasteiger partial charge in [-0.15, -0.1) is 0 Å². The molecule has 4 rings (SSSR count). The molecule has 0 radical (unpaired) electrons. The third-order valence-corrected chi connectivity index (χ3v) is 8.87. The molecule has 2 N–H and O–H groups in total. The van der Waals surface area contributed by atoms with Gasteiger partial charge in [0.1, 0.15) is 18.3 Å². The maximum Gasteiger partial charge on any atom is 0.245 e. The van der Waals surface area contributed by atoms with Crippen molar-refractivity contribution in [1.29, 1.82) is 0 Å². The fraction of sp³-hybridized carbons (Fsp3) is 0.688. The number of carbonyl (C=O) groups is 3. The molecule has 0 bridgehead atoms. The van der Waals surface area contributed by atoms with Crippen LogP contribution in [-0.4, -0.2) is 58.5 Å². The third-order valence-electron chi connectivity index (χ3n) is 8.87. The van der Waals surface area contributed by atoms with Crippen LogP contribution in [-0.2, 0) is 22.6 Å². The second-order valence-electron chi connectivity index (χ2n) is 11.9. The van der Waals surface area contributed by atoms with Crippen LogP contribution < -0.4 is 10.6 Å². The highest BCUT2D eigenvalue weighted by Crippen LogP contribution is 2.31. The first kappa shape index (κ1) is 30.1. The largest absolute Gasteiger partial charge is 0.385 e. The second kappa shape index (κ2) is 14.6. The van der Waals surface area contributed by atoms with Crippen LogP contribution in [0.3, 0.4) is 0 Å². The van der Waals surface area contributed by atoms with Crippen molar-refractivity contribution in [3.05, 3.63) is 23.4 Å². The van der Waals surface area contributed by atoms with E-state index in [2.05, 4.69) is 22.8 Å². The first-order chi connectivity index (χ1) is 19.4. The van der Waals surface area contributed by atoms with Crippen molar-refractivity contribution in [1.82, 2.24) is 20.0 Å². The van der Waals surface area contributed by atoms with E-state index < -0.39 is 6.04 Å². The Morgan fingerprint density at radius 2 is 1.62 bits per heavy atom. The number of likely N-dealkylation sites (N-methyl/N-ethyl adjacent to an activating group) is 1. The molecule has 2 aromatic rings. The molecular formula is C32H49N5O3. The highest BCUT2D eigenvalue weighted by Gasteiger charge is 2.27. The molecule has 0 spiro atoms. The normalized spacial score (nSPS) is 19.4. The Labute approximate surface area is 239 Å². The van der Waals surface area contributed by atoms with Crippen LogP contribution in [0.4, 0.5) is 5.69 Å². The lowest BCUT2D eigenvalue weighted by Gasteiger charge is -2.28. The predicted molar refractivity (Wildman–Crippen MR) is 161 cm³/mol. The van der Waals surface area contributed by atoms with Gasteiger partial charge in [-0.25, -0.2) is 0 Å². The van der Waals surface area contributed by atoms with Crippen LogP contribution in [0.15, 0.2) is 12.1 Å². The average Bonchev–Trinajstić information content (AvgIpc) is 3.32. The fourth-order valence-electron chi connectivity index (χ4n) is 6.49. The predicted octanol–water partition coefficient (Wildman–Crippen LogP) is 5.87. The van der Waals surface area contributed by atoms with Crippen LogP contribution in [0.2, 0.25) is 0 Å². The summed E-state index contributed by atoms with van der Waals surface area (Å²) in [4.78, 5) is 40.7. The van der Waals surface area contributed by atoms with E-state index in [1.807, 2.05) is 0 Å². The molecule has 2 amide bonds. The van der Waals surface area contributed by atoms with Gasteiger partial charge < -0.3 is 15.5 Å². The van der Waals surface area contributed by atoms with Gasteiger partial charge in [-0.1, -0.05) is 57.8 Å². The number of ketones is 1. The summed E-state index contributed by atoms with van der Waals surface area (Å²) in [6.07, 6.45) is 16.3. The summed E-state index contributed by atoms with van der Waals surface area (Å²) in [6.45, 7) is 4.82. The molecular weight excluding hydrogens is 502 g/mol. The minimum atomic E-state index is -0.569. The standard InChI is InChI=1S/C32H49N5O3/c1-23(32(40)33-3)36-18-14-9-7-5-4-6-8-13-17-26-19-27(34-21-25-15-11-10-12-16-25)20-28-30(24(2)38)35-37(31(26)28)22-29(36)39/h19-20,23,25,34H,4-18,21-22H2,1-3H3,(H,33,40)/t23-/m0/s1. The third kappa shape index (κ3) is 7.64. The molecule has 1 aliphatic heterocycles. The first-order valence-corrected chi connectivity index (χ1v) is 15.7. The molecule has 1 aliphatic carbocycles. The van der Waals surface area contributed by atoms with Crippen LogP contribution >= 0.6 is 0 Å². The number of hydrogen-bond donors (Lipinski definition) is 2. The molecule has 0 unspecified atom stereocenters. The Morgan fingerprint density at radius 3 is 2.30 bits per heavy atom. The lowest BCUT2D eigenvalue weighted by atomic mass is 9.89. The molecule has 1 aromatic carbocycles. The van der Waals surface area contributed by atoms with E-state index in [0.29, 0.717) is 18.2 Å². The number of benzene rings is 1. The van der Waals surface area contributed by atoms with Gasteiger partial charge in [0.05, 0.1) is 5.52 Å². The highest BCUT2D eigenvalue weighted by molar-refractivity contribution is 6.06. The van der Waals surface area contributed by atoms with E-state index in [-0.39, 0.29) is 24.1 Å². The summed E-state index contributed by atoms with van der Waals surface area (Å²) in [7, 11) is 1.60. The van der Waals surface area contributed by atoms with E-state index in [1.54, 1.807) is 30.5 Å². The van der Waals surface area contributed by atoms with Gasteiger partial charge >= 0.3 is 0 Å². The zero-order chi connectivity index (χ0) is 28.5. The molecule has 2 aliphatic rings. The Bertz CT molecular complexity index is 1170. The van der Waals surface area contributed by atoms with Crippen molar-refractivity contribution in [2.45, 2.75) is 116 Å². The lowest BCUT2D eigenvalue weighted by molar-refractivity contribution is -0.140. The minimum absolute atomic E-state index is 0.00691. The quantitative estimate of drug-likeness (QED) is 0.438. The van der Waals surface area contributed by atoms with E-state index >= 15 is 0 Å². The summed E-state index contributed by atoms with van der Waals surface area (Å²) in [5, 5.41) is 11.9. The highest BCUT2D eigenvalue weighted by atomic mass is 16.2. The van der Waals surface area contributed by atoms with Crippen LogP contribution in [0, 0.1) is 5.92 Å². The van der Waals surface area contributed by atoms with Gasteiger partial charge in [0.15, 0.2) is 5.78 Å². The van der Waals surface area contributed by atoms with Crippen molar-refractivity contribution >= 4 is 34.2 Å². The first-order valence-electron chi connectivity index (χ1n) is 15.7. The van der Waals surface area contributed by atoms with Gasteiger partial charge in [-0.3, -0.25) is 19.1 Å². The van der Waals surface area contributed by atoms with Crippen molar-refractivity contribution in [3.8, 4) is 0 Å². The van der Waals surface area contributed by atoms with Crippen molar-refractivity contribution < 1.29 is 14.4 Å². The van der Waals surface area contributed by atoms with E-state index in [0.717, 1.165) is 60.8 Å². The van der Waals surface area contributed by atoms with Crippen molar-refractivity contribution in [2.75, 3.05) is 25.5 Å². The molecule has 2 heterocycles. The van der Waals surface area contributed by atoms with Crippen molar-refractivity contribution in [3.63, 3.8) is 0 Å². The number of rotatable bonds is 6. The Hall–Kier alpha value is -2.90. The number of hydrogen-bond acceptors (Lipinski definition) is 5. The SMILES string of the molecule is CNC(=O)[C@H](C)N1CCCCCCCCCCc2cc(NCC3CCCCC3)cc3c(C(C)=O)nn(c23)CC1=O.